The summed E-state index contributed by atoms with van der Waals surface area (Å²) >= 11 is 0. The summed E-state index contributed by atoms with van der Waals surface area (Å²) in [6.45, 7) is 5.84. The normalized spacial score (nSPS) is 11.9. The van der Waals surface area contributed by atoms with Crippen molar-refractivity contribution >= 4 is 11.7 Å². The zero-order valence-electron chi connectivity index (χ0n) is 14.1. The van der Waals surface area contributed by atoms with E-state index in [1.54, 1.807) is 48.9 Å². The Kier molecular flexibility index (Phi) is 5.15. The Morgan fingerprint density at radius 3 is 2.78 bits per heavy atom. The van der Waals surface area contributed by atoms with E-state index in [2.05, 4.69) is 20.8 Å². The lowest BCUT2D eigenvalue weighted by Gasteiger charge is -2.24. The number of ether oxygens (including phenoxy) is 1. The minimum absolute atomic E-state index is 0.162. The molecule has 0 aliphatic carbocycles. The van der Waals surface area contributed by atoms with Crippen LogP contribution in [0.25, 0.3) is 5.69 Å². The SMILES string of the molecule is CC[C@H](C)N(C)C(=O)Nc1ccc(OC)c(-n2nnnc2C)c1. The number of amides is 2. The maximum atomic E-state index is 12.3. The van der Waals surface area contributed by atoms with Crippen LogP contribution in [-0.4, -0.2) is 51.3 Å². The van der Waals surface area contributed by atoms with Crippen LogP contribution in [0.15, 0.2) is 18.2 Å². The number of tetrazole rings is 1. The van der Waals surface area contributed by atoms with Gasteiger partial charge in [0.05, 0.1) is 7.11 Å². The minimum Gasteiger partial charge on any atom is -0.494 e. The van der Waals surface area contributed by atoms with Gasteiger partial charge in [0.1, 0.15) is 11.4 Å². The van der Waals surface area contributed by atoms with Gasteiger partial charge in [-0.15, -0.1) is 5.10 Å². The van der Waals surface area contributed by atoms with E-state index in [0.717, 1.165) is 6.42 Å². The molecular weight excluding hydrogens is 296 g/mol. The molecule has 0 aliphatic heterocycles. The quantitative estimate of drug-likeness (QED) is 0.914. The molecule has 2 aromatic rings. The highest BCUT2D eigenvalue weighted by molar-refractivity contribution is 5.89. The predicted molar refractivity (Wildman–Crippen MR) is 87.0 cm³/mol. The van der Waals surface area contributed by atoms with E-state index in [0.29, 0.717) is 22.9 Å². The Morgan fingerprint density at radius 1 is 1.48 bits per heavy atom. The Balaban J connectivity index is 2.28. The number of nitrogens with one attached hydrogen (secondary N) is 1. The van der Waals surface area contributed by atoms with E-state index in [1.807, 2.05) is 13.8 Å². The molecule has 1 N–H and O–H groups in total. The van der Waals surface area contributed by atoms with Crippen molar-refractivity contribution in [3.05, 3.63) is 24.0 Å². The van der Waals surface area contributed by atoms with Crippen molar-refractivity contribution in [3.8, 4) is 11.4 Å². The molecule has 1 aromatic heterocycles. The van der Waals surface area contributed by atoms with Crippen LogP contribution in [0.4, 0.5) is 10.5 Å². The van der Waals surface area contributed by atoms with Crippen molar-refractivity contribution in [2.75, 3.05) is 19.5 Å². The van der Waals surface area contributed by atoms with E-state index in [4.69, 9.17) is 4.74 Å². The molecule has 1 aromatic carbocycles. The maximum absolute atomic E-state index is 12.3. The average molecular weight is 318 g/mol. The van der Waals surface area contributed by atoms with E-state index in [-0.39, 0.29) is 12.1 Å². The number of methoxy groups -OCH3 is 1. The lowest BCUT2D eigenvalue weighted by atomic mass is 10.2. The fourth-order valence-electron chi connectivity index (χ4n) is 2.07. The van der Waals surface area contributed by atoms with Gasteiger partial charge in [0.25, 0.3) is 0 Å². The molecule has 2 amide bonds. The number of nitrogens with zero attached hydrogens (tertiary/aromatic N) is 5. The highest BCUT2D eigenvalue weighted by atomic mass is 16.5. The van der Waals surface area contributed by atoms with E-state index in [1.165, 1.54) is 0 Å². The zero-order chi connectivity index (χ0) is 17.0. The summed E-state index contributed by atoms with van der Waals surface area (Å²) in [6.07, 6.45) is 0.890. The number of aromatic nitrogens is 4. The van der Waals surface area contributed by atoms with Crippen molar-refractivity contribution in [2.24, 2.45) is 0 Å². The van der Waals surface area contributed by atoms with Crippen LogP contribution in [0.1, 0.15) is 26.1 Å². The van der Waals surface area contributed by atoms with Crippen molar-refractivity contribution < 1.29 is 9.53 Å². The number of urea groups is 1. The first-order chi connectivity index (χ1) is 11.0. The summed E-state index contributed by atoms with van der Waals surface area (Å²) < 4.78 is 6.91. The molecule has 0 spiro atoms. The molecule has 23 heavy (non-hydrogen) atoms. The number of carbonyl (C=O) groups is 1. The molecule has 0 saturated carbocycles. The number of rotatable bonds is 5. The second kappa shape index (κ2) is 7.08. The number of hydrogen-bond donors (Lipinski definition) is 1. The summed E-state index contributed by atoms with van der Waals surface area (Å²) in [7, 11) is 3.35. The van der Waals surface area contributed by atoms with Gasteiger partial charge in [0.15, 0.2) is 5.82 Å². The van der Waals surface area contributed by atoms with Crippen LogP contribution in [-0.2, 0) is 0 Å². The second-order valence-electron chi connectivity index (χ2n) is 5.32. The second-order valence-corrected chi connectivity index (χ2v) is 5.32. The molecule has 0 saturated heterocycles. The third-order valence-electron chi connectivity index (χ3n) is 3.86. The molecule has 1 atom stereocenters. The number of benzene rings is 1. The van der Waals surface area contributed by atoms with Crippen molar-refractivity contribution in [2.45, 2.75) is 33.2 Å². The summed E-state index contributed by atoms with van der Waals surface area (Å²) in [5.74, 6) is 1.25. The van der Waals surface area contributed by atoms with Crippen LogP contribution in [0.3, 0.4) is 0 Å². The van der Waals surface area contributed by atoms with Gasteiger partial charge in [-0.25, -0.2) is 4.79 Å². The molecule has 8 heteroatoms. The predicted octanol–water partition coefficient (Wildman–Crippen LogP) is 2.24. The molecule has 1 heterocycles. The summed E-state index contributed by atoms with van der Waals surface area (Å²) in [5.41, 5.74) is 1.31. The van der Waals surface area contributed by atoms with Gasteiger partial charge in [0.2, 0.25) is 0 Å². The Labute approximate surface area is 135 Å². The van der Waals surface area contributed by atoms with Crippen LogP contribution in [0.5, 0.6) is 5.75 Å². The smallest absolute Gasteiger partial charge is 0.321 e. The zero-order valence-corrected chi connectivity index (χ0v) is 14.1. The Bertz CT molecular complexity index is 684. The lowest BCUT2D eigenvalue weighted by Crippen LogP contribution is -2.37. The van der Waals surface area contributed by atoms with Gasteiger partial charge < -0.3 is 15.0 Å². The molecule has 0 aliphatic rings. The molecule has 0 radical (unpaired) electrons. The first kappa shape index (κ1) is 16.7. The highest BCUT2D eigenvalue weighted by Gasteiger charge is 2.16. The van der Waals surface area contributed by atoms with Crippen LogP contribution < -0.4 is 10.1 Å². The lowest BCUT2D eigenvalue weighted by molar-refractivity contribution is 0.206. The van der Waals surface area contributed by atoms with Gasteiger partial charge in [0, 0.05) is 18.8 Å². The van der Waals surface area contributed by atoms with Crippen molar-refractivity contribution in [1.29, 1.82) is 0 Å². The van der Waals surface area contributed by atoms with Crippen LogP contribution in [0.2, 0.25) is 0 Å². The monoisotopic (exact) mass is 318 g/mol. The largest absolute Gasteiger partial charge is 0.494 e. The van der Waals surface area contributed by atoms with Crippen molar-refractivity contribution in [1.82, 2.24) is 25.1 Å². The number of hydrogen-bond acceptors (Lipinski definition) is 5. The summed E-state index contributed by atoms with van der Waals surface area (Å²) in [4.78, 5) is 13.9. The van der Waals surface area contributed by atoms with Crippen LogP contribution >= 0.6 is 0 Å². The average Bonchev–Trinajstić information content (AvgIpc) is 2.99. The summed E-state index contributed by atoms with van der Waals surface area (Å²) in [6, 6.07) is 5.34. The molecular formula is C15H22N6O2. The van der Waals surface area contributed by atoms with Crippen molar-refractivity contribution in [3.63, 3.8) is 0 Å². The van der Waals surface area contributed by atoms with Gasteiger partial charge >= 0.3 is 6.03 Å². The molecule has 124 valence electrons. The van der Waals surface area contributed by atoms with E-state index >= 15 is 0 Å². The first-order valence-corrected chi connectivity index (χ1v) is 7.45. The minimum atomic E-state index is -0.163. The van der Waals surface area contributed by atoms with E-state index in [9.17, 15) is 4.79 Å². The topological polar surface area (TPSA) is 85.2 Å². The number of aryl methyl sites for hydroxylation is 1. The van der Waals surface area contributed by atoms with Gasteiger partial charge in [-0.1, -0.05) is 6.92 Å². The Morgan fingerprint density at radius 2 is 2.22 bits per heavy atom. The van der Waals surface area contributed by atoms with Gasteiger partial charge in [-0.2, -0.15) is 4.68 Å². The fraction of sp³-hybridized carbons (Fsp3) is 0.467. The molecule has 0 bridgehead atoms. The molecule has 2 rings (SSSR count). The third kappa shape index (κ3) is 3.58. The molecule has 0 fully saturated rings. The summed E-state index contributed by atoms with van der Waals surface area (Å²) in [5, 5.41) is 14.3. The van der Waals surface area contributed by atoms with Gasteiger partial charge in [-0.3, -0.25) is 0 Å². The fourth-order valence-corrected chi connectivity index (χ4v) is 2.07. The highest BCUT2D eigenvalue weighted by Crippen LogP contribution is 2.26. The standard InChI is InChI=1S/C15H22N6O2/c1-6-10(2)20(4)15(22)16-12-7-8-14(23-5)13(9-12)21-11(3)17-18-19-21/h7-10H,6H2,1-5H3,(H,16,22)/t10-/m0/s1. The van der Waals surface area contributed by atoms with Gasteiger partial charge in [-0.05, 0) is 48.9 Å². The number of anilines is 1. The number of carbonyl (C=O) groups excluding carboxylic acids is 1. The van der Waals surface area contributed by atoms with E-state index < -0.39 is 0 Å². The Hall–Kier alpha value is -2.64. The maximum Gasteiger partial charge on any atom is 0.321 e. The third-order valence-corrected chi connectivity index (χ3v) is 3.86. The first-order valence-electron chi connectivity index (χ1n) is 7.45. The molecule has 8 nitrogen and oxygen atoms in total. The van der Waals surface area contributed by atoms with Crippen LogP contribution in [0, 0.1) is 6.92 Å². The molecule has 0 unspecified atom stereocenters.